The first kappa shape index (κ1) is 17.5. The molecule has 1 amide bonds. The van der Waals surface area contributed by atoms with Crippen molar-refractivity contribution in [2.75, 3.05) is 18.1 Å². The van der Waals surface area contributed by atoms with Crippen LogP contribution in [-0.4, -0.2) is 24.8 Å². The zero-order valence-corrected chi connectivity index (χ0v) is 15.1. The molecule has 130 valence electrons. The van der Waals surface area contributed by atoms with E-state index in [1.165, 1.54) is 4.90 Å². The molecule has 5 heteroatoms. The Morgan fingerprint density at radius 3 is 2.64 bits per heavy atom. The van der Waals surface area contributed by atoms with Gasteiger partial charge in [-0.1, -0.05) is 23.7 Å². The zero-order valence-electron chi connectivity index (χ0n) is 14.3. The molecule has 1 heterocycles. The number of ketones is 1. The Kier molecular flexibility index (Phi) is 5.09. The van der Waals surface area contributed by atoms with E-state index in [-0.39, 0.29) is 0 Å². The second kappa shape index (κ2) is 7.28. The highest BCUT2D eigenvalue weighted by Crippen LogP contribution is 2.31. The molecule has 1 aliphatic heterocycles. The number of aryl methyl sites for hydroxylation is 2. The molecule has 0 atom stereocenters. The molecule has 0 N–H and O–H groups in total. The number of nitrogens with zero attached hydrogens (tertiary/aromatic N) is 1. The minimum absolute atomic E-state index is 0.393. The second-order valence-corrected chi connectivity index (χ2v) is 6.71. The minimum Gasteiger partial charge on any atom is -0.493 e. The van der Waals surface area contributed by atoms with Crippen LogP contribution in [0.1, 0.15) is 34.3 Å². The maximum Gasteiger partial charge on any atom is 0.299 e. The molecule has 0 radical (unpaired) electrons. The summed E-state index contributed by atoms with van der Waals surface area (Å²) in [6.45, 7) is 5.13. The number of ether oxygens (including phenoxy) is 1. The fourth-order valence-electron chi connectivity index (χ4n) is 2.91. The molecule has 0 aromatic heterocycles. The lowest BCUT2D eigenvalue weighted by Crippen LogP contribution is -2.30. The maximum atomic E-state index is 12.1. The average molecular weight is 358 g/mol. The lowest BCUT2D eigenvalue weighted by molar-refractivity contribution is -0.114. The highest BCUT2D eigenvalue weighted by atomic mass is 35.5. The van der Waals surface area contributed by atoms with Crippen molar-refractivity contribution in [3.05, 3.63) is 58.1 Å². The van der Waals surface area contributed by atoms with Crippen molar-refractivity contribution in [2.45, 2.75) is 26.7 Å². The highest BCUT2D eigenvalue weighted by Gasteiger charge is 2.35. The van der Waals surface area contributed by atoms with Crippen LogP contribution in [0.2, 0.25) is 5.02 Å². The van der Waals surface area contributed by atoms with Gasteiger partial charge in [0.05, 0.1) is 17.9 Å². The van der Waals surface area contributed by atoms with Crippen LogP contribution in [0, 0.1) is 13.8 Å². The molecule has 0 fully saturated rings. The smallest absolute Gasteiger partial charge is 0.299 e. The van der Waals surface area contributed by atoms with Gasteiger partial charge < -0.3 is 9.64 Å². The van der Waals surface area contributed by atoms with Crippen LogP contribution in [0.5, 0.6) is 5.75 Å². The van der Waals surface area contributed by atoms with Gasteiger partial charge in [0.1, 0.15) is 5.75 Å². The average Bonchev–Trinajstić information content (AvgIpc) is 2.82. The maximum absolute atomic E-state index is 12.1. The normalized spacial score (nSPS) is 13.3. The lowest BCUT2D eigenvalue weighted by Gasteiger charge is -2.16. The summed E-state index contributed by atoms with van der Waals surface area (Å²) in [5, 5.41) is 0.462. The number of carbonyl (C=O) groups excluding carboxylic acids is 2. The van der Waals surface area contributed by atoms with Crippen LogP contribution in [0.3, 0.4) is 0 Å². The Morgan fingerprint density at radius 2 is 1.84 bits per heavy atom. The molecule has 2 aromatic rings. The fraction of sp³-hybridized carbons (Fsp3) is 0.300. The first-order valence-corrected chi connectivity index (χ1v) is 8.71. The van der Waals surface area contributed by atoms with Crippen molar-refractivity contribution >= 4 is 29.0 Å². The minimum atomic E-state index is -0.482. The SMILES string of the molecule is Cc1ccc(C)c(OCCCCN2C(=O)C(=O)c3cc(Cl)ccc32)c1. The van der Waals surface area contributed by atoms with Crippen LogP contribution < -0.4 is 9.64 Å². The van der Waals surface area contributed by atoms with E-state index < -0.39 is 11.7 Å². The Balaban J connectivity index is 1.54. The van der Waals surface area contributed by atoms with Gasteiger partial charge in [0, 0.05) is 11.6 Å². The van der Waals surface area contributed by atoms with Gasteiger partial charge in [0.2, 0.25) is 0 Å². The standard InChI is InChI=1S/C20H20ClNO3/c1-13-5-6-14(2)18(11-13)25-10-4-3-9-22-17-8-7-15(21)12-16(17)19(23)20(22)24/h5-8,11-12H,3-4,9-10H2,1-2H3. The molecule has 3 rings (SSSR count). The molecule has 25 heavy (non-hydrogen) atoms. The number of benzene rings is 2. The molecule has 0 saturated carbocycles. The van der Waals surface area contributed by atoms with Crippen molar-refractivity contribution in [3.63, 3.8) is 0 Å². The fourth-order valence-corrected chi connectivity index (χ4v) is 3.08. The molecular formula is C20H20ClNO3. The van der Waals surface area contributed by atoms with E-state index in [9.17, 15) is 9.59 Å². The summed E-state index contributed by atoms with van der Waals surface area (Å²) in [7, 11) is 0. The molecule has 0 aliphatic carbocycles. The summed E-state index contributed by atoms with van der Waals surface area (Å²) >= 11 is 5.91. The van der Waals surface area contributed by atoms with Gasteiger partial charge in [-0.3, -0.25) is 9.59 Å². The number of hydrogen-bond donors (Lipinski definition) is 0. The number of anilines is 1. The largest absolute Gasteiger partial charge is 0.493 e. The van der Waals surface area contributed by atoms with E-state index in [4.69, 9.17) is 16.3 Å². The number of amides is 1. The van der Waals surface area contributed by atoms with E-state index >= 15 is 0 Å². The Bertz CT molecular complexity index is 832. The molecule has 4 nitrogen and oxygen atoms in total. The van der Waals surface area contributed by atoms with Gasteiger partial charge in [0.25, 0.3) is 11.7 Å². The van der Waals surface area contributed by atoms with Crippen LogP contribution >= 0.6 is 11.6 Å². The molecular weight excluding hydrogens is 338 g/mol. The Hall–Kier alpha value is -2.33. The van der Waals surface area contributed by atoms with Gasteiger partial charge in [-0.25, -0.2) is 0 Å². The predicted octanol–water partition coefficient (Wildman–Crippen LogP) is 4.35. The number of carbonyl (C=O) groups is 2. The van der Waals surface area contributed by atoms with E-state index in [0.29, 0.717) is 29.4 Å². The van der Waals surface area contributed by atoms with Crippen molar-refractivity contribution in [2.24, 2.45) is 0 Å². The summed E-state index contributed by atoms with van der Waals surface area (Å²) in [4.78, 5) is 25.7. The van der Waals surface area contributed by atoms with Gasteiger partial charge in [-0.05, 0) is 62.1 Å². The number of Topliss-reactive ketones (excluding diaryl/α,β-unsaturated/α-hetero) is 1. The topological polar surface area (TPSA) is 46.6 Å². The van der Waals surface area contributed by atoms with E-state index in [1.807, 2.05) is 26.0 Å². The number of halogens is 1. The molecule has 0 saturated heterocycles. The summed E-state index contributed by atoms with van der Waals surface area (Å²) in [6, 6.07) is 11.1. The van der Waals surface area contributed by atoms with Crippen LogP contribution in [0.4, 0.5) is 5.69 Å². The van der Waals surface area contributed by atoms with Crippen molar-refractivity contribution in [3.8, 4) is 5.75 Å². The van der Waals surface area contributed by atoms with Gasteiger partial charge >= 0.3 is 0 Å². The van der Waals surface area contributed by atoms with Gasteiger partial charge in [0.15, 0.2) is 0 Å². The second-order valence-electron chi connectivity index (χ2n) is 6.27. The lowest BCUT2D eigenvalue weighted by atomic mass is 10.1. The number of rotatable bonds is 6. The quantitative estimate of drug-likeness (QED) is 0.570. The van der Waals surface area contributed by atoms with Gasteiger partial charge in [-0.15, -0.1) is 0 Å². The van der Waals surface area contributed by atoms with E-state index in [1.54, 1.807) is 18.2 Å². The number of unbranched alkanes of at least 4 members (excludes halogenated alkanes) is 1. The highest BCUT2D eigenvalue weighted by molar-refractivity contribution is 6.52. The van der Waals surface area contributed by atoms with Crippen molar-refractivity contribution < 1.29 is 14.3 Å². The summed E-state index contributed by atoms with van der Waals surface area (Å²) < 4.78 is 5.83. The molecule has 0 unspecified atom stereocenters. The summed E-state index contributed by atoms with van der Waals surface area (Å²) in [5.41, 5.74) is 3.31. The summed E-state index contributed by atoms with van der Waals surface area (Å²) in [6.07, 6.45) is 1.56. The predicted molar refractivity (Wildman–Crippen MR) is 98.8 cm³/mol. The third kappa shape index (κ3) is 3.69. The number of hydrogen-bond acceptors (Lipinski definition) is 3. The van der Waals surface area contributed by atoms with Crippen LogP contribution in [0.25, 0.3) is 0 Å². The van der Waals surface area contributed by atoms with Crippen LogP contribution in [-0.2, 0) is 4.79 Å². The first-order valence-electron chi connectivity index (χ1n) is 8.33. The third-order valence-electron chi connectivity index (χ3n) is 4.31. The molecule has 0 spiro atoms. The first-order chi connectivity index (χ1) is 12.0. The summed E-state index contributed by atoms with van der Waals surface area (Å²) in [5.74, 6) is -0.0655. The zero-order chi connectivity index (χ0) is 18.0. The third-order valence-corrected chi connectivity index (χ3v) is 4.55. The van der Waals surface area contributed by atoms with Crippen molar-refractivity contribution in [1.82, 2.24) is 0 Å². The number of fused-ring (bicyclic) bond motifs is 1. The Labute approximate surface area is 152 Å². The molecule has 1 aliphatic rings. The van der Waals surface area contributed by atoms with Crippen molar-refractivity contribution in [1.29, 1.82) is 0 Å². The monoisotopic (exact) mass is 357 g/mol. The molecule has 0 bridgehead atoms. The Morgan fingerprint density at radius 1 is 1.04 bits per heavy atom. The van der Waals surface area contributed by atoms with E-state index in [2.05, 4.69) is 6.07 Å². The van der Waals surface area contributed by atoms with E-state index in [0.717, 1.165) is 29.7 Å². The molecule has 2 aromatic carbocycles. The van der Waals surface area contributed by atoms with Crippen LogP contribution in [0.15, 0.2) is 36.4 Å². The van der Waals surface area contributed by atoms with Gasteiger partial charge in [-0.2, -0.15) is 0 Å².